The fraction of sp³-hybridized carbons (Fsp3) is 0.192. The highest BCUT2D eigenvalue weighted by Gasteiger charge is 2.53. The molecule has 0 amide bonds. The maximum atomic E-state index is 12.7. The maximum Gasteiger partial charge on any atom is 0.319 e. The Labute approximate surface area is 183 Å². The van der Waals surface area contributed by atoms with E-state index in [0.29, 0.717) is 12.0 Å². The number of hydrogen-bond acceptors (Lipinski definition) is 3. The van der Waals surface area contributed by atoms with Crippen LogP contribution in [0.25, 0.3) is 6.08 Å². The van der Waals surface area contributed by atoms with E-state index >= 15 is 0 Å². The Hall–Kier alpha value is -2.69. The number of hydrogen-bond donors (Lipinski definition) is 0. The molecule has 152 valence electrons. The highest BCUT2D eigenvalue weighted by atomic mass is 32.1. The lowest BCUT2D eigenvalue weighted by Gasteiger charge is -2.43. The van der Waals surface area contributed by atoms with Gasteiger partial charge in [0.1, 0.15) is 5.76 Å². The highest BCUT2D eigenvalue weighted by Crippen LogP contribution is 2.40. The maximum absolute atomic E-state index is 12.7. The molecule has 1 aromatic heterocycles. The topological polar surface area (TPSA) is 26.3 Å². The van der Waals surface area contributed by atoms with Gasteiger partial charge in [-0.2, -0.15) is 11.3 Å². The molecule has 2 aromatic carbocycles. The average Bonchev–Trinajstić information content (AvgIpc) is 3.38. The highest BCUT2D eigenvalue weighted by molar-refractivity contribution is 7.08. The fourth-order valence-electron chi connectivity index (χ4n) is 4.13. The number of thiophene rings is 1. The minimum absolute atomic E-state index is 0.120. The third-order valence-electron chi connectivity index (χ3n) is 5.57. The Bertz CT molecular complexity index is 1040. The average molecular weight is 431 g/mol. The molecular formula is C26H26O2SSi. The number of Topliss-reactive ketones (excluding diaryl/α,β-unsaturated/α-hetero) is 1. The summed E-state index contributed by atoms with van der Waals surface area (Å²) in [5.74, 6) is 0.842. The monoisotopic (exact) mass is 430 g/mol. The summed E-state index contributed by atoms with van der Waals surface area (Å²) < 4.78 is 7.08. The van der Waals surface area contributed by atoms with E-state index in [1.807, 2.05) is 35.7 Å². The summed E-state index contributed by atoms with van der Waals surface area (Å²) in [6.45, 7) is 6.75. The molecule has 4 rings (SSSR count). The zero-order valence-electron chi connectivity index (χ0n) is 17.6. The van der Waals surface area contributed by atoms with Crippen LogP contribution in [0.1, 0.15) is 32.8 Å². The lowest BCUT2D eigenvalue weighted by molar-refractivity contribution is -0.114. The van der Waals surface area contributed by atoms with Gasteiger partial charge in [0.25, 0.3) is 0 Å². The zero-order valence-corrected chi connectivity index (χ0v) is 19.4. The van der Waals surface area contributed by atoms with Crippen LogP contribution in [0.5, 0.6) is 0 Å². The van der Waals surface area contributed by atoms with Gasteiger partial charge in [-0.3, -0.25) is 4.79 Å². The van der Waals surface area contributed by atoms with Crippen molar-refractivity contribution in [1.82, 2.24) is 0 Å². The Balaban J connectivity index is 1.88. The first kappa shape index (κ1) is 20.6. The van der Waals surface area contributed by atoms with Crippen molar-refractivity contribution in [3.05, 3.63) is 100 Å². The molecule has 1 aliphatic rings. The molecule has 1 heterocycles. The van der Waals surface area contributed by atoms with Crippen molar-refractivity contribution in [3.63, 3.8) is 0 Å². The van der Waals surface area contributed by atoms with E-state index in [9.17, 15) is 4.79 Å². The second kappa shape index (κ2) is 8.21. The molecule has 0 aliphatic heterocycles. The van der Waals surface area contributed by atoms with Crippen LogP contribution in [-0.2, 0) is 9.22 Å². The van der Waals surface area contributed by atoms with Gasteiger partial charge in [-0.25, -0.2) is 0 Å². The summed E-state index contributed by atoms with van der Waals surface area (Å²) in [5.41, 5.74) is 1.73. The van der Waals surface area contributed by atoms with Crippen LogP contribution in [0, 0.1) is 0 Å². The van der Waals surface area contributed by atoms with E-state index in [1.165, 1.54) is 10.4 Å². The van der Waals surface area contributed by atoms with Crippen molar-refractivity contribution in [2.75, 3.05) is 0 Å². The standard InChI is InChI=1S/C26H26O2SSi/c1-26(2,3)30(21-10-6-4-7-11-21,22-12-8-5-9-13-22)28-25-15-14-24(27)23(25)18-20-16-17-29-19-20/h4-13,15-19H,14H2,1-3H3. The SMILES string of the molecule is CC(C)(C)[Si](OC1=CCC(=O)C1=Cc1ccsc1)(c1ccccc1)c1ccccc1. The second-order valence-electron chi connectivity index (χ2n) is 8.58. The Morgan fingerprint density at radius 2 is 1.53 bits per heavy atom. The molecule has 3 aromatic rings. The molecule has 0 bridgehead atoms. The van der Waals surface area contributed by atoms with Gasteiger partial charge in [-0.05, 0) is 50.0 Å². The normalized spacial score (nSPS) is 16.0. The van der Waals surface area contributed by atoms with Crippen LogP contribution in [0.2, 0.25) is 5.04 Å². The first-order chi connectivity index (χ1) is 14.4. The number of allylic oxidation sites excluding steroid dienone is 2. The summed E-state index contributed by atoms with van der Waals surface area (Å²) in [4.78, 5) is 12.7. The smallest absolute Gasteiger partial charge is 0.319 e. The van der Waals surface area contributed by atoms with Gasteiger partial charge in [0.05, 0.1) is 5.57 Å². The Kier molecular flexibility index (Phi) is 5.63. The first-order valence-corrected chi connectivity index (χ1v) is 13.0. The lowest BCUT2D eigenvalue weighted by atomic mass is 10.1. The first-order valence-electron chi connectivity index (χ1n) is 10.2. The van der Waals surface area contributed by atoms with Crippen molar-refractivity contribution in [2.24, 2.45) is 0 Å². The van der Waals surface area contributed by atoms with Crippen molar-refractivity contribution in [1.29, 1.82) is 0 Å². The number of carbonyl (C=O) groups is 1. The number of benzene rings is 2. The summed E-state index contributed by atoms with van der Waals surface area (Å²) >= 11 is 1.63. The summed E-state index contributed by atoms with van der Waals surface area (Å²) in [7, 11) is -2.75. The molecule has 4 heteroatoms. The Morgan fingerprint density at radius 1 is 0.933 bits per heavy atom. The van der Waals surface area contributed by atoms with Crippen LogP contribution in [0.3, 0.4) is 0 Å². The van der Waals surface area contributed by atoms with Crippen LogP contribution in [0.15, 0.2) is 94.9 Å². The number of ketones is 1. The lowest BCUT2D eigenvalue weighted by Crippen LogP contribution is -2.66. The van der Waals surface area contributed by atoms with Gasteiger partial charge >= 0.3 is 8.32 Å². The minimum Gasteiger partial charge on any atom is -0.534 e. The Morgan fingerprint density at radius 3 is 2.03 bits per heavy atom. The van der Waals surface area contributed by atoms with Gasteiger partial charge in [0.2, 0.25) is 0 Å². The predicted octanol–water partition coefficient (Wildman–Crippen LogP) is 5.56. The molecular weight excluding hydrogens is 404 g/mol. The van der Waals surface area contributed by atoms with Gasteiger partial charge in [0, 0.05) is 6.42 Å². The molecule has 0 atom stereocenters. The largest absolute Gasteiger partial charge is 0.534 e. The summed E-state index contributed by atoms with van der Waals surface area (Å²) in [6.07, 6.45) is 4.32. The third-order valence-corrected chi connectivity index (χ3v) is 11.2. The third kappa shape index (κ3) is 3.73. The molecule has 0 radical (unpaired) electrons. The van der Waals surface area contributed by atoms with E-state index in [0.717, 1.165) is 11.3 Å². The second-order valence-corrected chi connectivity index (χ2v) is 13.6. The molecule has 0 N–H and O–H groups in total. The van der Waals surface area contributed by atoms with E-state index in [1.54, 1.807) is 11.3 Å². The van der Waals surface area contributed by atoms with E-state index in [-0.39, 0.29) is 10.8 Å². The fourth-order valence-corrected chi connectivity index (χ4v) is 9.20. The quantitative estimate of drug-likeness (QED) is 0.391. The van der Waals surface area contributed by atoms with Gasteiger partial charge < -0.3 is 4.43 Å². The summed E-state index contributed by atoms with van der Waals surface area (Å²) in [6, 6.07) is 23.1. The molecule has 1 aliphatic carbocycles. The molecule has 0 spiro atoms. The van der Waals surface area contributed by atoms with Gasteiger partial charge in [-0.15, -0.1) is 0 Å². The minimum atomic E-state index is -2.75. The molecule has 0 fully saturated rings. The van der Waals surface area contributed by atoms with E-state index in [2.05, 4.69) is 74.7 Å². The van der Waals surface area contributed by atoms with Crippen LogP contribution in [-0.4, -0.2) is 14.1 Å². The van der Waals surface area contributed by atoms with Gasteiger partial charge in [-0.1, -0.05) is 81.4 Å². The molecule has 0 unspecified atom stereocenters. The number of rotatable bonds is 5. The van der Waals surface area contributed by atoms with Crippen molar-refractivity contribution < 1.29 is 9.22 Å². The van der Waals surface area contributed by atoms with Crippen LogP contribution >= 0.6 is 11.3 Å². The molecule has 30 heavy (non-hydrogen) atoms. The predicted molar refractivity (Wildman–Crippen MR) is 129 cm³/mol. The van der Waals surface area contributed by atoms with E-state index < -0.39 is 8.32 Å². The number of carbonyl (C=O) groups excluding carboxylic acids is 1. The molecule has 2 nitrogen and oxygen atoms in total. The molecule has 0 saturated carbocycles. The van der Waals surface area contributed by atoms with Crippen molar-refractivity contribution in [3.8, 4) is 0 Å². The van der Waals surface area contributed by atoms with E-state index in [4.69, 9.17) is 4.43 Å². The van der Waals surface area contributed by atoms with Crippen molar-refractivity contribution in [2.45, 2.75) is 32.2 Å². The van der Waals surface area contributed by atoms with Crippen molar-refractivity contribution >= 4 is 41.9 Å². The zero-order chi connectivity index (χ0) is 21.2. The van der Waals surface area contributed by atoms with Crippen LogP contribution < -0.4 is 10.4 Å². The molecule has 0 saturated heterocycles. The summed E-state index contributed by atoms with van der Waals surface area (Å²) in [5, 5.41) is 6.35. The van der Waals surface area contributed by atoms with Crippen LogP contribution in [0.4, 0.5) is 0 Å². The van der Waals surface area contributed by atoms with Gasteiger partial charge in [0.15, 0.2) is 5.78 Å².